The van der Waals surface area contributed by atoms with Gasteiger partial charge in [-0.1, -0.05) is 0 Å². The molecule has 0 fully saturated rings. The largest absolute Gasteiger partial charge is 0.329 e. The van der Waals surface area contributed by atoms with Crippen molar-refractivity contribution in [1.82, 2.24) is 10.0 Å². The van der Waals surface area contributed by atoms with Crippen LogP contribution in [0.3, 0.4) is 0 Å². The SMILES string of the molecule is CON(C)C(=O)/C=C/c1ccc[nH]c1=O. The van der Waals surface area contributed by atoms with Crippen LogP contribution in [0.1, 0.15) is 5.56 Å². The quantitative estimate of drug-likeness (QED) is 0.578. The maximum absolute atomic E-state index is 11.3. The van der Waals surface area contributed by atoms with Crippen LogP contribution < -0.4 is 5.56 Å². The number of likely N-dealkylation sites (N-methyl/N-ethyl adjacent to an activating group) is 1. The predicted molar refractivity (Wildman–Crippen MR) is 55.9 cm³/mol. The Morgan fingerprint density at radius 2 is 2.33 bits per heavy atom. The van der Waals surface area contributed by atoms with Gasteiger partial charge in [0.05, 0.1) is 7.11 Å². The highest BCUT2D eigenvalue weighted by Crippen LogP contribution is 1.95. The molecule has 15 heavy (non-hydrogen) atoms. The molecule has 1 aromatic heterocycles. The standard InChI is InChI=1S/C10H12N2O3/c1-12(15-2)9(13)6-5-8-4-3-7-11-10(8)14/h3-7H,1-2H3,(H,11,14)/b6-5+. The molecule has 0 aliphatic heterocycles. The molecule has 0 aliphatic carbocycles. The van der Waals surface area contributed by atoms with Gasteiger partial charge in [0, 0.05) is 24.9 Å². The molecule has 0 aliphatic rings. The van der Waals surface area contributed by atoms with Crippen LogP contribution in [0.15, 0.2) is 29.2 Å². The van der Waals surface area contributed by atoms with Gasteiger partial charge in [-0.05, 0) is 18.2 Å². The fourth-order valence-electron chi connectivity index (χ4n) is 0.922. The van der Waals surface area contributed by atoms with Gasteiger partial charge in [0.15, 0.2) is 0 Å². The van der Waals surface area contributed by atoms with E-state index in [-0.39, 0.29) is 11.5 Å². The van der Waals surface area contributed by atoms with Gasteiger partial charge in [-0.15, -0.1) is 0 Å². The first-order valence-electron chi connectivity index (χ1n) is 4.32. The first kappa shape index (κ1) is 11.2. The Morgan fingerprint density at radius 3 is 2.93 bits per heavy atom. The summed E-state index contributed by atoms with van der Waals surface area (Å²) in [5.41, 5.74) is 0.192. The lowest BCUT2D eigenvalue weighted by atomic mass is 10.2. The summed E-state index contributed by atoms with van der Waals surface area (Å²) in [5.74, 6) is -0.333. The number of nitrogens with one attached hydrogen (secondary N) is 1. The fourth-order valence-corrected chi connectivity index (χ4v) is 0.922. The number of carbonyl (C=O) groups excluding carboxylic acids is 1. The number of hydrogen-bond donors (Lipinski definition) is 1. The number of pyridine rings is 1. The van der Waals surface area contributed by atoms with Crippen molar-refractivity contribution in [3.05, 3.63) is 40.3 Å². The van der Waals surface area contributed by atoms with E-state index in [9.17, 15) is 9.59 Å². The van der Waals surface area contributed by atoms with Gasteiger partial charge < -0.3 is 4.98 Å². The third-order valence-electron chi connectivity index (χ3n) is 1.84. The lowest BCUT2D eigenvalue weighted by molar-refractivity contribution is -0.162. The summed E-state index contributed by atoms with van der Waals surface area (Å²) < 4.78 is 0. The van der Waals surface area contributed by atoms with Crippen LogP contribution in [0.25, 0.3) is 6.08 Å². The monoisotopic (exact) mass is 208 g/mol. The van der Waals surface area contributed by atoms with Gasteiger partial charge in [0.2, 0.25) is 0 Å². The average molecular weight is 208 g/mol. The first-order chi connectivity index (χ1) is 7.15. The number of hydrogen-bond acceptors (Lipinski definition) is 3. The second kappa shape index (κ2) is 5.11. The number of nitrogens with zero attached hydrogens (tertiary/aromatic N) is 1. The highest BCUT2D eigenvalue weighted by molar-refractivity contribution is 5.90. The predicted octanol–water partition coefficient (Wildman–Crippen LogP) is 0.408. The summed E-state index contributed by atoms with van der Waals surface area (Å²) in [6, 6.07) is 3.31. The molecule has 5 nitrogen and oxygen atoms in total. The highest BCUT2D eigenvalue weighted by atomic mass is 16.7. The Morgan fingerprint density at radius 1 is 1.60 bits per heavy atom. The van der Waals surface area contributed by atoms with Crippen LogP contribution in [0.5, 0.6) is 0 Å². The van der Waals surface area contributed by atoms with Crippen molar-refractivity contribution in [3.8, 4) is 0 Å². The van der Waals surface area contributed by atoms with E-state index in [4.69, 9.17) is 0 Å². The van der Waals surface area contributed by atoms with E-state index in [1.54, 1.807) is 12.1 Å². The number of aromatic nitrogens is 1. The molecule has 0 saturated heterocycles. The number of amides is 1. The van der Waals surface area contributed by atoms with E-state index in [0.717, 1.165) is 5.06 Å². The van der Waals surface area contributed by atoms with Gasteiger partial charge >= 0.3 is 0 Å². The van der Waals surface area contributed by atoms with E-state index in [0.29, 0.717) is 5.56 Å². The minimum Gasteiger partial charge on any atom is -0.329 e. The third-order valence-corrected chi connectivity index (χ3v) is 1.84. The van der Waals surface area contributed by atoms with Crippen molar-refractivity contribution < 1.29 is 9.63 Å². The zero-order valence-corrected chi connectivity index (χ0v) is 8.56. The Kier molecular flexibility index (Phi) is 3.82. The number of hydroxylamine groups is 2. The maximum Gasteiger partial charge on any atom is 0.269 e. The molecular weight excluding hydrogens is 196 g/mol. The molecule has 0 unspecified atom stereocenters. The van der Waals surface area contributed by atoms with Gasteiger partial charge in [-0.3, -0.25) is 14.4 Å². The number of H-pyrrole nitrogens is 1. The molecule has 0 atom stereocenters. The normalized spacial score (nSPS) is 10.5. The number of rotatable bonds is 3. The van der Waals surface area contributed by atoms with Crippen LogP contribution in [-0.2, 0) is 9.63 Å². The van der Waals surface area contributed by atoms with Crippen LogP contribution in [-0.4, -0.2) is 30.1 Å². The second-order valence-corrected chi connectivity index (χ2v) is 2.81. The molecule has 1 rings (SSSR count). The van der Waals surface area contributed by atoms with Crippen LogP contribution in [0, 0.1) is 0 Å². The molecule has 1 amide bonds. The van der Waals surface area contributed by atoms with Crippen LogP contribution in [0.4, 0.5) is 0 Å². The van der Waals surface area contributed by atoms with Gasteiger partial charge in [-0.2, -0.15) is 0 Å². The Labute approximate surface area is 86.9 Å². The summed E-state index contributed by atoms with van der Waals surface area (Å²) in [5, 5.41) is 1.06. The topological polar surface area (TPSA) is 62.4 Å². The second-order valence-electron chi connectivity index (χ2n) is 2.81. The zero-order valence-electron chi connectivity index (χ0n) is 8.56. The van der Waals surface area contributed by atoms with Gasteiger partial charge in [-0.25, -0.2) is 5.06 Å². The average Bonchev–Trinajstić information content (AvgIpc) is 2.26. The van der Waals surface area contributed by atoms with Crippen molar-refractivity contribution in [2.75, 3.05) is 14.2 Å². The minimum absolute atomic E-state index is 0.235. The molecule has 1 heterocycles. The van der Waals surface area contributed by atoms with Gasteiger partial charge in [0.1, 0.15) is 0 Å². The third kappa shape index (κ3) is 3.07. The molecule has 80 valence electrons. The van der Waals surface area contributed by atoms with Crippen molar-refractivity contribution in [2.45, 2.75) is 0 Å². The lowest BCUT2D eigenvalue weighted by Crippen LogP contribution is -2.23. The van der Waals surface area contributed by atoms with Crippen molar-refractivity contribution >= 4 is 12.0 Å². The lowest BCUT2D eigenvalue weighted by Gasteiger charge is -2.09. The Balaban J connectivity index is 2.79. The van der Waals surface area contributed by atoms with E-state index >= 15 is 0 Å². The van der Waals surface area contributed by atoms with E-state index in [2.05, 4.69) is 9.82 Å². The van der Waals surface area contributed by atoms with Crippen LogP contribution in [0.2, 0.25) is 0 Å². The molecule has 0 radical (unpaired) electrons. The van der Waals surface area contributed by atoms with Crippen LogP contribution >= 0.6 is 0 Å². The van der Waals surface area contributed by atoms with Crippen molar-refractivity contribution in [3.63, 3.8) is 0 Å². The van der Waals surface area contributed by atoms with E-state index < -0.39 is 0 Å². The molecule has 1 N–H and O–H groups in total. The van der Waals surface area contributed by atoms with Gasteiger partial charge in [0.25, 0.3) is 11.5 Å². The molecule has 0 aromatic carbocycles. The number of aromatic amines is 1. The number of carbonyl (C=O) groups is 1. The summed E-state index contributed by atoms with van der Waals surface area (Å²) in [7, 11) is 2.88. The summed E-state index contributed by atoms with van der Waals surface area (Å²) in [6.45, 7) is 0. The Bertz CT molecular complexity index is 423. The molecule has 1 aromatic rings. The highest BCUT2D eigenvalue weighted by Gasteiger charge is 2.02. The minimum atomic E-state index is -0.333. The maximum atomic E-state index is 11.3. The molecule has 0 bridgehead atoms. The molecular formula is C10H12N2O3. The fraction of sp³-hybridized carbons (Fsp3) is 0.200. The molecule has 0 saturated carbocycles. The first-order valence-corrected chi connectivity index (χ1v) is 4.32. The summed E-state index contributed by atoms with van der Waals surface area (Å²) >= 11 is 0. The molecule has 5 heteroatoms. The zero-order chi connectivity index (χ0) is 11.3. The Hall–Kier alpha value is -1.88. The van der Waals surface area contributed by atoms with Crippen molar-refractivity contribution in [2.24, 2.45) is 0 Å². The van der Waals surface area contributed by atoms with Crippen molar-refractivity contribution in [1.29, 1.82) is 0 Å². The summed E-state index contributed by atoms with van der Waals surface area (Å²) in [4.78, 5) is 29.6. The molecule has 0 spiro atoms. The summed E-state index contributed by atoms with van der Waals surface area (Å²) in [6.07, 6.45) is 4.24. The van der Waals surface area contributed by atoms with E-state index in [1.807, 2.05) is 0 Å². The van der Waals surface area contributed by atoms with E-state index in [1.165, 1.54) is 32.5 Å². The smallest absolute Gasteiger partial charge is 0.269 e.